The second-order valence-electron chi connectivity index (χ2n) is 6.91. The predicted octanol–water partition coefficient (Wildman–Crippen LogP) is 2.54. The van der Waals surface area contributed by atoms with Gasteiger partial charge in [0.2, 0.25) is 10.0 Å². The van der Waals surface area contributed by atoms with E-state index in [1.165, 1.54) is 12.8 Å². The monoisotopic (exact) mass is 385 g/mol. The van der Waals surface area contributed by atoms with Crippen molar-refractivity contribution >= 4 is 33.4 Å². The van der Waals surface area contributed by atoms with Crippen molar-refractivity contribution in [2.75, 3.05) is 19.6 Å². The molecular weight excluding hydrogens is 362 g/mol. The minimum Gasteiger partial charge on any atom is -0.356 e. The van der Waals surface area contributed by atoms with Crippen LogP contribution >= 0.6 is 12.4 Å². The Balaban J connectivity index is 0.00000182. The van der Waals surface area contributed by atoms with Crippen LogP contribution in [0.5, 0.6) is 0 Å². The van der Waals surface area contributed by atoms with E-state index in [9.17, 15) is 8.42 Å². The SMILES string of the molecule is Cl.O=S(=O)(Cc1noc2ccccc12)N1CCC(NCC2CC2)CC1. The van der Waals surface area contributed by atoms with Crippen LogP contribution in [0.25, 0.3) is 11.0 Å². The molecule has 1 saturated heterocycles. The summed E-state index contributed by atoms with van der Waals surface area (Å²) in [5.41, 5.74) is 1.13. The Labute approximate surface area is 154 Å². The maximum atomic E-state index is 12.7. The number of hydrogen-bond acceptors (Lipinski definition) is 5. The number of hydrogen-bond donors (Lipinski definition) is 1. The van der Waals surface area contributed by atoms with E-state index < -0.39 is 10.0 Å². The summed E-state index contributed by atoms with van der Waals surface area (Å²) in [6.07, 6.45) is 4.44. The van der Waals surface area contributed by atoms with Crippen molar-refractivity contribution in [2.45, 2.75) is 37.5 Å². The van der Waals surface area contributed by atoms with E-state index in [0.717, 1.165) is 30.7 Å². The first-order chi connectivity index (χ1) is 11.6. The molecule has 6 nitrogen and oxygen atoms in total. The van der Waals surface area contributed by atoms with Crippen LogP contribution in [0.2, 0.25) is 0 Å². The lowest BCUT2D eigenvalue weighted by atomic mass is 10.1. The maximum absolute atomic E-state index is 12.7. The van der Waals surface area contributed by atoms with Crippen molar-refractivity contribution in [3.8, 4) is 0 Å². The molecule has 25 heavy (non-hydrogen) atoms. The molecule has 8 heteroatoms. The Hall–Kier alpha value is -1.15. The molecule has 1 aliphatic heterocycles. The van der Waals surface area contributed by atoms with Crippen molar-refractivity contribution in [3.05, 3.63) is 30.0 Å². The molecule has 138 valence electrons. The van der Waals surface area contributed by atoms with Crippen molar-refractivity contribution in [1.82, 2.24) is 14.8 Å². The van der Waals surface area contributed by atoms with E-state index >= 15 is 0 Å². The minimum atomic E-state index is -3.36. The van der Waals surface area contributed by atoms with Crippen molar-refractivity contribution in [2.24, 2.45) is 5.92 Å². The summed E-state index contributed by atoms with van der Waals surface area (Å²) in [7, 11) is -3.36. The molecule has 1 N–H and O–H groups in total. The Morgan fingerprint density at radius 1 is 1.16 bits per heavy atom. The molecule has 1 aromatic carbocycles. The van der Waals surface area contributed by atoms with Crippen LogP contribution in [-0.2, 0) is 15.8 Å². The van der Waals surface area contributed by atoms with E-state index in [2.05, 4.69) is 10.5 Å². The van der Waals surface area contributed by atoms with Crippen molar-refractivity contribution in [1.29, 1.82) is 0 Å². The van der Waals surface area contributed by atoms with Crippen LogP contribution in [0.15, 0.2) is 28.8 Å². The summed E-state index contributed by atoms with van der Waals surface area (Å²) in [5.74, 6) is 0.761. The highest BCUT2D eigenvalue weighted by Gasteiger charge is 2.30. The van der Waals surface area contributed by atoms with Gasteiger partial charge in [-0.15, -0.1) is 12.4 Å². The van der Waals surface area contributed by atoms with Gasteiger partial charge in [0.25, 0.3) is 0 Å². The van der Waals surface area contributed by atoms with Crippen molar-refractivity contribution in [3.63, 3.8) is 0 Å². The fourth-order valence-electron chi connectivity index (χ4n) is 3.30. The average Bonchev–Trinajstić information content (AvgIpc) is 3.35. The molecule has 1 saturated carbocycles. The van der Waals surface area contributed by atoms with E-state index in [1.807, 2.05) is 18.2 Å². The molecular formula is C17H24ClN3O3S. The Morgan fingerprint density at radius 3 is 2.60 bits per heavy atom. The zero-order chi connectivity index (χ0) is 16.6. The van der Waals surface area contributed by atoms with Gasteiger partial charge in [-0.1, -0.05) is 17.3 Å². The second kappa shape index (κ2) is 7.61. The summed E-state index contributed by atoms with van der Waals surface area (Å²) < 4.78 is 32.2. The first kappa shape index (κ1) is 18.6. The standard InChI is InChI=1S/C17H23N3O3S.ClH/c21-24(22,12-16-15-3-1-2-4-17(15)23-19-16)20-9-7-14(8-10-20)18-11-13-5-6-13;/h1-4,13-14,18H,5-12H2;1H. The fraction of sp³-hybridized carbons (Fsp3) is 0.588. The molecule has 4 rings (SSSR count). The quantitative estimate of drug-likeness (QED) is 0.827. The lowest BCUT2D eigenvalue weighted by molar-refractivity contribution is 0.287. The summed E-state index contributed by atoms with van der Waals surface area (Å²) in [4.78, 5) is 0. The molecule has 2 fully saturated rings. The summed E-state index contributed by atoms with van der Waals surface area (Å²) in [6.45, 7) is 2.25. The third kappa shape index (κ3) is 4.34. The number of para-hydroxylation sites is 1. The third-order valence-corrected chi connectivity index (χ3v) is 6.80. The number of benzene rings is 1. The third-order valence-electron chi connectivity index (χ3n) is 5.01. The molecule has 0 spiro atoms. The van der Waals surface area contributed by atoms with E-state index in [-0.39, 0.29) is 18.2 Å². The first-order valence-corrected chi connectivity index (χ1v) is 10.3. The number of nitrogens with one attached hydrogen (secondary N) is 1. The van der Waals surface area contributed by atoms with Crippen LogP contribution in [0.3, 0.4) is 0 Å². The van der Waals surface area contributed by atoms with Gasteiger partial charge in [0.1, 0.15) is 11.4 Å². The molecule has 0 radical (unpaired) electrons. The van der Waals surface area contributed by atoms with Gasteiger partial charge in [0, 0.05) is 24.5 Å². The van der Waals surface area contributed by atoms with Gasteiger partial charge < -0.3 is 9.84 Å². The molecule has 0 atom stereocenters. The number of rotatable bonds is 6. The highest BCUT2D eigenvalue weighted by atomic mass is 35.5. The zero-order valence-electron chi connectivity index (χ0n) is 14.1. The number of sulfonamides is 1. The van der Waals surface area contributed by atoms with E-state index in [0.29, 0.717) is 30.4 Å². The van der Waals surface area contributed by atoms with Gasteiger partial charge >= 0.3 is 0 Å². The Kier molecular flexibility index (Phi) is 5.68. The largest absolute Gasteiger partial charge is 0.356 e. The lowest BCUT2D eigenvalue weighted by Gasteiger charge is -2.31. The van der Waals surface area contributed by atoms with Crippen LogP contribution in [-0.4, -0.2) is 43.6 Å². The molecule has 0 bridgehead atoms. The van der Waals surface area contributed by atoms with Gasteiger partial charge in [-0.3, -0.25) is 0 Å². The number of aromatic nitrogens is 1. The minimum absolute atomic E-state index is 0. The summed E-state index contributed by atoms with van der Waals surface area (Å²) in [5, 5.41) is 8.31. The van der Waals surface area contributed by atoms with Gasteiger partial charge in [0.05, 0.1) is 0 Å². The van der Waals surface area contributed by atoms with Crippen LogP contribution in [0.4, 0.5) is 0 Å². The molecule has 2 heterocycles. The van der Waals surface area contributed by atoms with Gasteiger partial charge in [-0.25, -0.2) is 12.7 Å². The van der Waals surface area contributed by atoms with E-state index in [4.69, 9.17) is 4.52 Å². The number of nitrogens with zero attached hydrogens (tertiary/aromatic N) is 2. The molecule has 0 amide bonds. The van der Waals surface area contributed by atoms with Gasteiger partial charge in [-0.2, -0.15) is 0 Å². The summed E-state index contributed by atoms with van der Waals surface area (Å²) in [6, 6.07) is 7.82. The van der Waals surface area contributed by atoms with Crippen LogP contribution in [0.1, 0.15) is 31.4 Å². The van der Waals surface area contributed by atoms with Crippen molar-refractivity contribution < 1.29 is 12.9 Å². The maximum Gasteiger partial charge on any atom is 0.220 e. The molecule has 2 aromatic rings. The molecule has 1 aliphatic carbocycles. The number of piperidine rings is 1. The Morgan fingerprint density at radius 2 is 1.88 bits per heavy atom. The normalized spacial score (nSPS) is 19.8. The average molecular weight is 386 g/mol. The van der Waals surface area contributed by atoms with Gasteiger partial charge in [0.15, 0.2) is 5.58 Å². The second-order valence-corrected chi connectivity index (χ2v) is 8.88. The molecule has 1 aromatic heterocycles. The topological polar surface area (TPSA) is 75.4 Å². The molecule has 2 aliphatic rings. The van der Waals surface area contributed by atoms with Gasteiger partial charge in [-0.05, 0) is 50.3 Å². The predicted molar refractivity (Wildman–Crippen MR) is 99.2 cm³/mol. The lowest BCUT2D eigenvalue weighted by Crippen LogP contribution is -2.45. The highest BCUT2D eigenvalue weighted by Crippen LogP contribution is 2.28. The first-order valence-electron chi connectivity index (χ1n) is 8.66. The fourth-order valence-corrected chi connectivity index (χ4v) is 4.80. The number of halogens is 1. The highest BCUT2D eigenvalue weighted by molar-refractivity contribution is 7.88. The smallest absolute Gasteiger partial charge is 0.220 e. The zero-order valence-corrected chi connectivity index (χ0v) is 15.7. The number of fused-ring (bicyclic) bond motifs is 1. The van der Waals surface area contributed by atoms with Crippen LogP contribution in [0, 0.1) is 5.92 Å². The Bertz CT molecular complexity index is 811. The summed E-state index contributed by atoms with van der Waals surface area (Å²) >= 11 is 0. The molecule has 0 unspecified atom stereocenters. The van der Waals surface area contributed by atoms with E-state index in [1.54, 1.807) is 10.4 Å². The van der Waals surface area contributed by atoms with Crippen LogP contribution < -0.4 is 5.32 Å².